The van der Waals surface area contributed by atoms with Crippen LogP contribution in [0.4, 0.5) is 32.2 Å². The van der Waals surface area contributed by atoms with Crippen LogP contribution in [0.25, 0.3) is 43.7 Å². The molecule has 0 radical (unpaired) electrons. The van der Waals surface area contributed by atoms with Crippen LogP contribution in [0.5, 0.6) is 11.8 Å². The molecule has 5 fully saturated rings. The monoisotopic (exact) mass is 775 g/mol. The van der Waals surface area contributed by atoms with E-state index >= 15 is 8.78 Å². The number of alkyl halides is 4. The predicted octanol–water partition coefficient (Wildman–Crippen LogP) is 7.11. The maximum atomic E-state index is 17.8. The number of benzene rings is 3. The molecule has 56 heavy (non-hydrogen) atoms. The Labute approximate surface area is 318 Å². The molecule has 15 heteroatoms. The molecule has 2 bridgehead atoms. The molecule has 5 aromatic rings. The first-order valence-corrected chi connectivity index (χ1v) is 19.2. The molecule has 5 aliphatic rings. The number of phenolic OH excluding ortho intramolecular Hbond substituents is 1. The number of ether oxygens (including phenoxy) is 1. The first-order chi connectivity index (χ1) is 26.8. The summed E-state index contributed by atoms with van der Waals surface area (Å²) in [5.74, 6) is -0.539. The van der Waals surface area contributed by atoms with Gasteiger partial charge < -0.3 is 14.7 Å². The van der Waals surface area contributed by atoms with Crippen LogP contribution in [-0.4, -0.2) is 104 Å². The highest BCUT2D eigenvalue weighted by Gasteiger charge is 2.56. The Balaban J connectivity index is 1.14. The summed E-state index contributed by atoms with van der Waals surface area (Å²) in [6.45, 7) is 2.57. The summed E-state index contributed by atoms with van der Waals surface area (Å²) in [6.07, 6.45) is 5.97. The van der Waals surface area contributed by atoms with E-state index in [1.54, 1.807) is 13.2 Å². The van der Waals surface area contributed by atoms with Gasteiger partial charge in [0.2, 0.25) is 0 Å². The highest BCUT2D eigenvalue weighted by atomic mass is 19.4. The summed E-state index contributed by atoms with van der Waals surface area (Å²) in [4.78, 5) is 16.1. The van der Waals surface area contributed by atoms with Gasteiger partial charge in [0.05, 0.1) is 22.4 Å². The quantitative estimate of drug-likeness (QED) is 0.139. The van der Waals surface area contributed by atoms with Gasteiger partial charge in [-0.2, -0.15) is 28.2 Å². The van der Waals surface area contributed by atoms with Crippen LogP contribution in [0.2, 0.25) is 0 Å². The zero-order valence-electron chi connectivity index (χ0n) is 30.6. The van der Waals surface area contributed by atoms with Crippen LogP contribution in [-0.2, 0) is 7.05 Å². The number of anilines is 1. The number of aromatic hydroxyl groups is 1. The molecule has 6 atom stereocenters. The minimum atomic E-state index is -4.19. The lowest BCUT2D eigenvalue weighted by Gasteiger charge is -2.42. The third kappa shape index (κ3) is 5.57. The summed E-state index contributed by atoms with van der Waals surface area (Å²) in [6, 6.07) is 5.09. The van der Waals surface area contributed by atoms with E-state index in [0.29, 0.717) is 54.6 Å². The third-order valence-corrected chi connectivity index (χ3v) is 13.0. The topological polar surface area (TPSA) is 82.8 Å². The number of piperazine rings is 1. The average Bonchev–Trinajstić information content (AvgIpc) is 3.34. The lowest BCUT2D eigenvalue weighted by molar-refractivity contribution is -0.151. The molecule has 292 valence electrons. The molecule has 4 saturated heterocycles. The Morgan fingerprint density at radius 1 is 1.05 bits per heavy atom. The maximum absolute atomic E-state index is 17.8. The first-order valence-electron chi connectivity index (χ1n) is 19.2. The number of rotatable bonds is 7. The number of halogens is 6. The Kier molecular flexibility index (Phi) is 8.01. The molecule has 1 N–H and O–H groups in total. The van der Waals surface area contributed by atoms with E-state index < -0.39 is 41.4 Å². The van der Waals surface area contributed by atoms with E-state index in [4.69, 9.17) is 26.2 Å². The molecule has 9 nitrogen and oxygen atoms in total. The molecule has 10 rings (SSSR count). The minimum absolute atomic E-state index is 0.0419. The molecular formula is C41H39F6N7O2. The van der Waals surface area contributed by atoms with E-state index in [9.17, 15) is 22.7 Å². The van der Waals surface area contributed by atoms with Crippen molar-refractivity contribution in [1.29, 1.82) is 0 Å². The van der Waals surface area contributed by atoms with E-state index in [0.717, 1.165) is 32.2 Å². The van der Waals surface area contributed by atoms with Crippen molar-refractivity contribution in [2.45, 2.75) is 68.5 Å². The molecule has 0 amide bonds. The number of likely N-dealkylation sites (tertiary alicyclic amines) is 1. The predicted molar refractivity (Wildman–Crippen MR) is 198 cm³/mol. The molecule has 1 aliphatic carbocycles. The van der Waals surface area contributed by atoms with Crippen molar-refractivity contribution >= 4 is 38.4 Å². The number of hydrogen-bond donors (Lipinski definition) is 1. The second kappa shape index (κ2) is 12.6. The van der Waals surface area contributed by atoms with E-state index in [2.05, 4.69) is 20.6 Å². The smallest absolute Gasteiger partial charge is 0.392 e. The highest BCUT2D eigenvalue weighted by molar-refractivity contribution is 6.18. The summed E-state index contributed by atoms with van der Waals surface area (Å²) in [5, 5.41) is 17.1. The second-order valence-electron chi connectivity index (χ2n) is 16.5. The van der Waals surface area contributed by atoms with Gasteiger partial charge in [-0.15, -0.1) is 6.42 Å². The second-order valence-corrected chi connectivity index (χ2v) is 16.5. The fourth-order valence-electron chi connectivity index (χ4n) is 10.5. The number of aromatic nitrogens is 4. The molecule has 2 aromatic heterocycles. The van der Waals surface area contributed by atoms with Crippen LogP contribution in [0.1, 0.15) is 44.1 Å². The van der Waals surface area contributed by atoms with Gasteiger partial charge in [0.15, 0.2) is 5.82 Å². The van der Waals surface area contributed by atoms with Gasteiger partial charge in [-0.3, -0.25) is 14.5 Å². The lowest BCUT2D eigenvalue weighted by atomic mass is 9.91. The number of fused-ring (bicyclic) bond motifs is 7. The van der Waals surface area contributed by atoms with Crippen molar-refractivity contribution in [3.05, 3.63) is 47.7 Å². The van der Waals surface area contributed by atoms with Crippen LogP contribution in [0.3, 0.4) is 0 Å². The Morgan fingerprint density at radius 2 is 1.84 bits per heavy atom. The molecule has 4 aliphatic heterocycles. The van der Waals surface area contributed by atoms with E-state index in [1.807, 2.05) is 0 Å². The first kappa shape index (κ1) is 35.6. The third-order valence-electron chi connectivity index (χ3n) is 13.0. The van der Waals surface area contributed by atoms with Gasteiger partial charge >= 0.3 is 12.2 Å². The molecule has 6 heterocycles. The van der Waals surface area contributed by atoms with Crippen molar-refractivity contribution in [3.8, 4) is 35.2 Å². The van der Waals surface area contributed by atoms with Gasteiger partial charge in [0.25, 0.3) is 0 Å². The molecule has 1 saturated carbocycles. The Bertz CT molecular complexity index is 2470. The minimum Gasteiger partial charge on any atom is -0.508 e. The van der Waals surface area contributed by atoms with Gasteiger partial charge in [-0.1, -0.05) is 12.0 Å². The van der Waals surface area contributed by atoms with Gasteiger partial charge in [0.1, 0.15) is 41.2 Å². The van der Waals surface area contributed by atoms with Gasteiger partial charge in [-0.05, 0) is 73.7 Å². The summed E-state index contributed by atoms with van der Waals surface area (Å²) in [7, 11) is 1.69. The van der Waals surface area contributed by atoms with Crippen molar-refractivity contribution < 1.29 is 36.2 Å². The highest BCUT2D eigenvalue weighted by Crippen LogP contribution is 2.52. The Morgan fingerprint density at radius 3 is 2.57 bits per heavy atom. The number of nitrogens with zero attached hydrogens (tertiary/aromatic N) is 7. The SMILES string of the molecule is C#Cc1c(F)ccc2cc(O)cc(-c3c(F)c4nc(OC[C@@]56CCCN5C[C@H](F)C6)nc(N5C6CCC5CN(C[C@@H]5C[C@H]5C(F)(F)F)C6)c4c4cn(C)nc34)c12. The van der Waals surface area contributed by atoms with Crippen molar-refractivity contribution in [1.82, 2.24) is 29.5 Å². The normalized spacial score (nSPS) is 27.8. The van der Waals surface area contributed by atoms with Crippen LogP contribution in [0, 0.1) is 35.8 Å². The fourth-order valence-corrected chi connectivity index (χ4v) is 10.5. The lowest BCUT2D eigenvalue weighted by Crippen LogP contribution is -2.54. The molecular weight excluding hydrogens is 736 g/mol. The summed E-state index contributed by atoms with van der Waals surface area (Å²) < 4.78 is 96.0. The number of hydrogen-bond acceptors (Lipinski definition) is 8. The average molecular weight is 776 g/mol. The zero-order chi connectivity index (χ0) is 38.8. The number of terminal acetylenes is 1. The van der Waals surface area contributed by atoms with Crippen molar-refractivity contribution in [3.63, 3.8) is 0 Å². The van der Waals surface area contributed by atoms with Crippen LogP contribution in [0.15, 0.2) is 30.5 Å². The molecule has 3 aromatic carbocycles. The van der Waals surface area contributed by atoms with Gasteiger partial charge in [-0.25, -0.2) is 13.2 Å². The van der Waals surface area contributed by atoms with Crippen LogP contribution >= 0.6 is 0 Å². The number of aryl methyl sites for hydroxylation is 1. The maximum Gasteiger partial charge on any atom is 0.392 e. The Hall–Kier alpha value is -4.81. The van der Waals surface area contributed by atoms with Crippen LogP contribution < -0.4 is 9.64 Å². The van der Waals surface area contributed by atoms with Crippen molar-refractivity contribution in [2.75, 3.05) is 44.2 Å². The fraction of sp³-hybridized carbons (Fsp3) is 0.488. The molecule has 2 unspecified atom stereocenters. The summed E-state index contributed by atoms with van der Waals surface area (Å²) in [5.41, 5.74) is -0.414. The largest absolute Gasteiger partial charge is 0.508 e. The number of phenols is 1. The standard InChI is InChI=1S/C41H39F6N7O2/c1-3-27-31(43)8-5-21-11-26(55)13-28(32(21)27)33-35(44)37-34(29-19-51(2)50-36(29)33)38(49-39(48-37)56-20-40-9-4-10-53(40)16-23(42)14-40)54-24-6-7-25(54)18-52(17-24)15-22-12-30(22)41(45,46)47/h1,5,8,11,13,19,22-25,30,55H,4,6-7,9-10,12,14-18,20H2,2H3/t22-,23+,24?,25?,30+,40-/m0/s1. The van der Waals surface area contributed by atoms with Crippen molar-refractivity contribution in [2.24, 2.45) is 18.9 Å². The summed E-state index contributed by atoms with van der Waals surface area (Å²) >= 11 is 0. The van der Waals surface area contributed by atoms with E-state index in [-0.39, 0.29) is 70.0 Å². The molecule has 0 spiro atoms. The van der Waals surface area contributed by atoms with E-state index in [1.165, 1.54) is 28.9 Å². The van der Waals surface area contributed by atoms with Gasteiger partial charge in [0, 0.05) is 74.3 Å². The zero-order valence-corrected chi connectivity index (χ0v) is 30.6.